The van der Waals surface area contributed by atoms with E-state index in [0.717, 1.165) is 25.3 Å². The summed E-state index contributed by atoms with van der Waals surface area (Å²) in [6.07, 6.45) is 5.15. The van der Waals surface area contributed by atoms with Gasteiger partial charge in [-0.3, -0.25) is 0 Å². The average molecular weight is 173 g/mol. The Kier molecular flexibility index (Phi) is 1.36. The smallest absolute Gasteiger partial charge is 0.130 e. The Labute approximate surface area is 77.2 Å². The second-order valence-electron chi connectivity index (χ2n) is 3.44. The number of benzene rings is 1. The standard InChI is InChI=1S/C11H11NO/c1-2-9-7-12-5-3-10(9)11-8(1)4-6-13-11/h1-3,5,12H,4,6-7H2. The summed E-state index contributed by atoms with van der Waals surface area (Å²) in [6.45, 7) is 1.76. The van der Waals surface area contributed by atoms with Crippen LogP contribution in [0.2, 0.25) is 0 Å². The first-order valence-corrected chi connectivity index (χ1v) is 4.62. The summed E-state index contributed by atoms with van der Waals surface area (Å²) in [5.74, 6) is 1.11. The van der Waals surface area contributed by atoms with E-state index in [2.05, 4.69) is 23.5 Å². The normalized spacial score (nSPS) is 17.2. The highest BCUT2D eigenvalue weighted by Gasteiger charge is 2.18. The highest BCUT2D eigenvalue weighted by molar-refractivity contribution is 5.65. The van der Waals surface area contributed by atoms with Gasteiger partial charge in [-0.1, -0.05) is 12.1 Å². The molecule has 1 aromatic carbocycles. The van der Waals surface area contributed by atoms with Crippen LogP contribution in [0.3, 0.4) is 0 Å². The molecule has 0 radical (unpaired) electrons. The number of ether oxygens (including phenoxy) is 1. The van der Waals surface area contributed by atoms with Crippen molar-refractivity contribution in [1.82, 2.24) is 5.32 Å². The third-order valence-corrected chi connectivity index (χ3v) is 2.65. The zero-order valence-electron chi connectivity index (χ0n) is 7.34. The number of hydrogen-bond donors (Lipinski definition) is 1. The van der Waals surface area contributed by atoms with Crippen molar-refractivity contribution in [3.63, 3.8) is 0 Å². The third kappa shape index (κ3) is 0.949. The largest absolute Gasteiger partial charge is 0.492 e. The molecule has 0 aromatic heterocycles. The van der Waals surface area contributed by atoms with Gasteiger partial charge in [-0.2, -0.15) is 0 Å². The van der Waals surface area contributed by atoms with Gasteiger partial charge in [-0.05, 0) is 23.4 Å². The molecule has 0 aliphatic carbocycles. The Bertz CT molecular complexity index is 382. The maximum atomic E-state index is 5.62. The van der Waals surface area contributed by atoms with Crippen molar-refractivity contribution in [3.05, 3.63) is 35.0 Å². The van der Waals surface area contributed by atoms with Gasteiger partial charge in [-0.25, -0.2) is 0 Å². The number of fused-ring (bicyclic) bond motifs is 3. The molecular formula is C11H11NO. The second kappa shape index (κ2) is 2.52. The fourth-order valence-corrected chi connectivity index (χ4v) is 1.96. The highest BCUT2D eigenvalue weighted by Crippen LogP contribution is 2.33. The van der Waals surface area contributed by atoms with Crippen LogP contribution in [0.15, 0.2) is 18.3 Å². The molecule has 2 aliphatic rings. The lowest BCUT2D eigenvalue weighted by molar-refractivity contribution is 0.355. The zero-order chi connectivity index (χ0) is 8.67. The van der Waals surface area contributed by atoms with Gasteiger partial charge in [0.05, 0.1) is 6.61 Å². The van der Waals surface area contributed by atoms with Crippen LogP contribution in [-0.2, 0) is 13.0 Å². The molecule has 2 nitrogen and oxygen atoms in total. The van der Waals surface area contributed by atoms with Crippen molar-refractivity contribution < 1.29 is 4.74 Å². The Morgan fingerprint density at radius 3 is 3.15 bits per heavy atom. The lowest BCUT2D eigenvalue weighted by Crippen LogP contribution is -2.10. The van der Waals surface area contributed by atoms with E-state index in [0.29, 0.717) is 0 Å². The number of nitrogens with one attached hydrogen (secondary N) is 1. The molecule has 66 valence electrons. The summed E-state index contributed by atoms with van der Waals surface area (Å²) in [6, 6.07) is 4.38. The first-order chi connectivity index (χ1) is 6.45. The molecule has 0 spiro atoms. The second-order valence-corrected chi connectivity index (χ2v) is 3.44. The minimum absolute atomic E-state index is 0.840. The number of rotatable bonds is 0. The summed E-state index contributed by atoms with van der Waals surface area (Å²) in [5, 5.41) is 3.20. The van der Waals surface area contributed by atoms with Crippen molar-refractivity contribution in [3.8, 4) is 5.75 Å². The van der Waals surface area contributed by atoms with Crippen LogP contribution < -0.4 is 10.1 Å². The molecule has 2 heteroatoms. The Morgan fingerprint density at radius 1 is 1.23 bits per heavy atom. The molecule has 1 aromatic rings. The summed E-state index contributed by atoms with van der Waals surface area (Å²) >= 11 is 0. The van der Waals surface area contributed by atoms with Gasteiger partial charge in [0, 0.05) is 18.5 Å². The van der Waals surface area contributed by atoms with Crippen LogP contribution >= 0.6 is 0 Å². The average Bonchev–Trinajstić information content (AvgIpc) is 2.65. The zero-order valence-corrected chi connectivity index (χ0v) is 7.34. The molecule has 0 fully saturated rings. The summed E-state index contributed by atoms with van der Waals surface area (Å²) < 4.78 is 5.62. The molecule has 0 bridgehead atoms. The molecule has 13 heavy (non-hydrogen) atoms. The van der Waals surface area contributed by atoms with E-state index in [1.54, 1.807) is 0 Å². The van der Waals surface area contributed by atoms with E-state index in [4.69, 9.17) is 4.74 Å². The third-order valence-electron chi connectivity index (χ3n) is 2.65. The summed E-state index contributed by atoms with van der Waals surface area (Å²) in [5.41, 5.74) is 3.96. The maximum Gasteiger partial charge on any atom is 0.130 e. The van der Waals surface area contributed by atoms with Crippen LogP contribution in [0.25, 0.3) is 6.08 Å². The van der Waals surface area contributed by atoms with Crippen LogP contribution in [-0.4, -0.2) is 6.61 Å². The van der Waals surface area contributed by atoms with Gasteiger partial charge >= 0.3 is 0 Å². The van der Waals surface area contributed by atoms with Crippen molar-refractivity contribution in [2.45, 2.75) is 13.0 Å². The van der Waals surface area contributed by atoms with Gasteiger partial charge in [0.25, 0.3) is 0 Å². The molecular weight excluding hydrogens is 162 g/mol. The molecule has 2 heterocycles. The minimum Gasteiger partial charge on any atom is -0.492 e. The maximum absolute atomic E-state index is 5.62. The van der Waals surface area contributed by atoms with Crippen LogP contribution in [0.5, 0.6) is 5.75 Å². The Morgan fingerprint density at radius 2 is 2.15 bits per heavy atom. The molecule has 0 amide bonds. The van der Waals surface area contributed by atoms with Gasteiger partial charge in [0.15, 0.2) is 0 Å². The van der Waals surface area contributed by atoms with Gasteiger partial charge < -0.3 is 10.1 Å². The van der Waals surface area contributed by atoms with Crippen LogP contribution in [0.1, 0.15) is 16.7 Å². The summed E-state index contributed by atoms with van der Waals surface area (Å²) in [4.78, 5) is 0. The minimum atomic E-state index is 0.840. The highest BCUT2D eigenvalue weighted by atomic mass is 16.5. The van der Waals surface area contributed by atoms with E-state index in [1.807, 2.05) is 6.20 Å². The van der Waals surface area contributed by atoms with E-state index in [9.17, 15) is 0 Å². The molecule has 1 N–H and O–H groups in total. The van der Waals surface area contributed by atoms with E-state index in [-0.39, 0.29) is 0 Å². The predicted octanol–water partition coefficient (Wildman–Crippen LogP) is 1.70. The van der Waals surface area contributed by atoms with Gasteiger partial charge in [0.1, 0.15) is 5.75 Å². The van der Waals surface area contributed by atoms with E-state index in [1.165, 1.54) is 16.7 Å². The number of hydrogen-bond acceptors (Lipinski definition) is 2. The molecule has 0 saturated carbocycles. The first-order valence-electron chi connectivity index (χ1n) is 4.62. The van der Waals surface area contributed by atoms with Crippen molar-refractivity contribution in [2.75, 3.05) is 6.61 Å². The monoisotopic (exact) mass is 173 g/mol. The van der Waals surface area contributed by atoms with Crippen molar-refractivity contribution in [2.24, 2.45) is 0 Å². The Hall–Kier alpha value is -1.44. The molecule has 0 saturated heterocycles. The van der Waals surface area contributed by atoms with Crippen molar-refractivity contribution in [1.29, 1.82) is 0 Å². The van der Waals surface area contributed by atoms with Gasteiger partial charge in [0.2, 0.25) is 0 Å². The van der Waals surface area contributed by atoms with E-state index < -0.39 is 0 Å². The Balaban J connectivity index is 2.24. The molecule has 0 atom stereocenters. The molecule has 0 unspecified atom stereocenters. The SMILES string of the molecule is C1=Cc2c(ccc3c2OCC3)CN1. The fraction of sp³-hybridized carbons (Fsp3) is 0.273. The first kappa shape index (κ1) is 7.01. The van der Waals surface area contributed by atoms with Gasteiger partial charge in [-0.15, -0.1) is 0 Å². The van der Waals surface area contributed by atoms with Crippen LogP contribution in [0.4, 0.5) is 0 Å². The lowest BCUT2D eigenvalue weighted by atomic mass is 10.00. The fourth-order valence-electron chi connectivity index (χ4n) is 1.96. The lowest BCUT2D eigenvalue weighted by Gasteiger charge is -2.14. The molecule has 3 rings (SSSR count). The molecule has 2 aliphatic heterocycles. The topological polar surface area (TPSA) is 21.3 Å². The van der Waals surface area contributed by atoms with Crippen LogP contribution in [0, 0.1) is 0 Å². The predicted molar refractivity (Wildman–Crippen MR) is 51.5 cm³/mol. The quantitative estimate of drug-likeness (QED) is 0.644. The summed E-state index contributed by atoms with van der Waals surface area (Å²) in [7, 11) is 0. The van der Waals surface area contributed by atoms with E-state index >= 15 is 0 Å². The van der Waals surface area contributed by atoms with Crippen molar-refractivity contribution >= 4 is 6.08 Å².